The van der Waals surface area contributed by atoms with Gasteiger partial charge < -0.3 is 15.5 Å². The number of benzene rings is 3. The Morgan fingerprint density at radius 1 is 0.720 bits per heavy atom. The Labute approximate surface area is 144 Å². The standard InChI is InChI=1S/C20H15NO4/c22-14-11-9-13(10-12-14)21-19(23)17-7-3-1-5-15(17)16-6-2-4-8-18(16)20(24)25/h1-12,22H,(H,21,23)(H,24,25). The number of aromatic carboxylic acids is 1. The molecule has 3 aromatic carbocycles. The van der Waals surface area contributed by atoms with Crippen LogP contribution in [0.5, 0.6) is 5.75 Å². The van der Waals surface area contributed by atoms with Crippen LogP contribution in [0.25, 0.3) is 11.1 Å². The number of amides is 1. The molecular weight excluding hydrogens is 318 g/mol. The topological polar surface area (TPSA) is 86.6 Å². The van der Waals surface area contributed by atoms with Gasteiger partial charge in [-0.15, -0.1) is 0 Å². The molecule has 124 valence electrons. The Morgan fingerprint density at radius 3 is 1.84 bits per heavy atom. The highest BCUT2D eigenvalue weighted by Gasteiger charge is 2.17. The second kappa shape index (κ2) is 6.88. The fourth-order valence-electron chi connectivity index (χ4n) is 2.56. The summed E-state index contributed by atoms with van der Waals surface area (Å²) in [6.45, 7) is 0. The van der Waals surface area contributed by atoms with E-state index >= 15 is 0 Å². The van der Waals surface area contributed by atoms with Crippen LogP contribution >= 0.6 is 0 Å². The number of aromatic hydroxyl groups is 1. The summed E-state index contributed by atoms with van der Waals surface area (Å²) in [5.74, 6) is -1.31. The molecule has 5 nitrogen and oxygen atoms in total. The minimum Gasteiger partial charge on any atom is -0.508 e. The van der Waals surface area contributed by atoms with Crippen LogP contribution in [0.15, 0.2) is 72.8 Å². The van der Waals surface area contributed by atoms with E-state index in [2.05, 4.69) is 5.32 Å². The summed E-state index contributed by atoms with van der Waals surface area (Å²) >= 11 is 0. The van der Waals surface area contributed by atoms with Crippen molar-refractivity contribution in [2.45, 2.75) is 0 Å². The van der Waals surface area contributed by atoms with E-state index in [-0.39, 0.29) is 17.2 Å². The van der Waals surface area contributed by atoms with Gasteiger partial charge in [0.2, 0.25) is 0 Å². The number of phenols is 1. The van der Waals surface area contributed by atoms with E-state index in [1.54, 1.807) is 54.6 Å². The van der Waals surface area contributed by atoms with Gasteiger partial charge in [-0.3, -0.25) is 4.79 Å². The summed E-state index contributed by atoms with van der Waals surface area (Å²) in [5.41, 5.74) is 2.05. The number of rotatable bonds is 4. The third kappa shape index (κ3) is 3.50. The molecule has 0 heterocycles. The van der Waals surface area contributed by atoms with Gasteiger partial charge in [-0.2, -0.15) is 0 Å². The second-order valence-corrected chi connectivity index (χ2v) is 5.40. The van der Waals surface area contributed by atoms with E-state index in [1.165, 1.54) is 18.2 Å². The van der Waals surface area contributed by atoms with Gasteiger partial charge in [0.25, 0.3) is 5.91 Å². The largest absolute Gasteiger partial charge is 0.508 e. The maximum absolute atomic E-state index is 12.7. The Balaban J connectivity index is 2.00. The monoisotopic (exact) mass is 333 g/mol. The Kier molecular flexibility index (Phi) is 4.48. The zero-order valence-corrected chi connectivity index (χ0v) is 13.1. The highest BCUT2D eigenvalue weighted by atomic mass is 16.4. The lowest BCUT2D eigenvalue weighted by atomic mass is 9.95. The maximum atomic E-state index is 12.7. The minimum atomic E-state index is -1.05. The molecule has 0 saturated heterocycles. The average molecular weight is 333 g/mol. The summed E-state index contributed by atoms with van der Waals surface area (Å²) in [6, 6.07) is 19.5. The molecule has 0 fully saturated rings. The molecule has 0 saturated carbocycles. The zero-order chi connectivity index (χ0) is 17.8. The molecule has 3 rings (SSSR count). The van der Waals surface area contributed by atoms with Gasteiger partial charge in [0.05, 0.1) is 5.56 Å². The van der Waals surface area contributed by atoms with Crippen LogP contribution in [0.2, 0.25) is 0 Å². The van der Waals surface area contributed by atoms with Crippen molar-refractivity contribution < 1.29 is 19.8 Å². The molecule has 0 spiro atoms. The zero-order valence-electron chi connectivity index (χ0n) is 13.1. The third-order valence-corrected chi connectivity index (χ3v) is 3.74. The molecular formula is C20H15NO4. The van der Waals surface area contributed by atoms with Gasteiger partial charge >= 0.3 is 5.97 Å². The second-order valence-electron chi connectivity index (χ2n) is 5.40. The van der Waals surface area contributed by atoms with Gasteiger partial charge in [0.15, 0.2) is 0 Å². The Bertz CT molecular complexity index is 932. The van der Waals surface area contributed by atoms with E-state index in [4.69, 9.17) is 0 Å². The van der Waals surface area contributed by atoms with Crippen molar-refractivity contribution in [1.82, 2.24) is 0 Å². The van der Waals surface area contributed by atoms with E-state index in [9.17, 15) is 19.8 Å². The van der Waals surface area contributed by atoms with Crippen molar-refractivity contribution in [2.75, 3.05) is 5.32 Å². The van der Waals surface area contributed by atoms with Crippen LogP contribution < -0.4 is 5.32 Å². The average Bonchev–Trinajstić information content (AvgIpc) is 2.63. The van der Waals surface area contributed by atoms with Crippen molar-refractivity contribution in [1.29, 1.82) is 0 Å². The number of carbonyl (C=O) groups excluding carboxylic acids is 1. The first-order valence-corrected chi connectivity index (χ1v) is 7.58. The summed E-state index contributed by atoms with van der Waals surface area (Å²) in [6.07, 6.45) is 0. The minimum absolute atomic E-state index is 0.105. The lowest BCUT2D eigenvalue weighted by Gasteiger charge is -2.12. The first kappa shape index (κ1) is 16.3. The molecule has 3 aromatic rings. The van der Waals surface area contributed by atoms with Crippen molar-refractivity contribution in [2.24, 2.45) is 0 Å². The van der Waals surface area contributed by atoms with Crippen LogP contribution in [0.1, 0.15) is 20.7 Å². The highest BCUT2D eigenvalue weighted by Crippen LogP contribution is 2.28. The Morgan fingerprint density at radius 2 is 1.24 bits per heavy atom. The summed E-state index contributed by atoms with van der Waals surface area (Å²) in [4.78, 5) is 24.1. The third-order valence-electron chi connectivity index (χ3n) is 3.74. The number of hydrogen-bond donors (Lipinski definition) is 3. The molecule has 0 radical (unpaired) electrons. The van der Waals surface area contributed by atoms with Crippen molar-refractivity contribution >= 4 is 17.6 Å². The molecule has 0 unspecified atom stereocenters. The number of carbonyl (C=O) groups is 2. The molecule has 0 aliphatic heterocycles. The van der Waals surface area contributed by atoms with E-state index in [0.717, 1.165) is 0 Å². The SMILES string of the molecule is O=C(O)c1ccccc1-c1ccccc1C(=O)Nc1ccc(O)cc1. The smallest absolute Gasteiger partial charge is 0.336 e. The lowest BCUT2D eigenvalue weighted by molar-refractivity contribution is 0.0697. The molecule has 3 N–H and O–H groups in total. The predicted molar refractivity (Wildman–Crippen MR) is 94.9 cm³/mol. The summed E-state index contributed by atoms with van der Waals surface area (Å²) < 4.78 is 0. The number of carboxylic acid groups (broad SMARTS) is 1. The van der Waals surface area contributed by atoms with E-state index in [1.807, 2.05) is 0 Å². The van der Waals surface area contributed by atoms with Gasteiger partial charge in [0.1, 0.15) is 5.75 Å². The van der Waals surface area contributed by atoms with Crippen molar-refractivity contribution in [3.05, 3.63) is 83.9 Å². The number of nitrogens with one attached hydrogen (secondary N) is 1. The molecule has 5 heteroatoms. The molecule has 0 bridgehead atoms. The fourth-order valence-corrected chi connectivity index (χ4v) is 2.56. The van der Waals surface area contributed by atoms with Gasteiger partial charge in [-0.25, -0.2) is 4.79 Å². The highest BCUT2D eigenvalue weighted by molar-refractivity contribution is 6.10. The number of carboxylic acids is 1. The summed E-state index contributed by atoms with van der Waals surface area (Å²) in [5, 5.41) is 21.5. The van der Waals surface area contributed by atoms with Crippen LogP contribution in [0, 0.1) is 0 Å². The van der Waals surface area contributed by atoms with Crippen molar-refractivity contribution in [3.8, 4) is 16.9 Å². The predicted octanol–water partition coefficient (Wildman–Crippen LogP) is 4.01. The molecule has 1 amide bonds. The Hall–Kier alpha value is -3.60. The number of anilines is 1. The fraction of sp³-hybridized carbons (Fsp3) is 0. The van der Waals surface area contributed by atoms with Crippen LogP contribution in [-0.4, -0.2) is 22.1 Å². The molecule has 0 atom stereocenters. The summed E-state index contributed by atoms with van der Waals surface area (Å²) in [7, 11) is 0. The molecule has 0 aliphatic carbocycles. The number of hydrogen-bond acceptors (Lipinski definition) is 3. The lowest BCUT2D eigenvalue weighted by Crippen LogP contribution is -2.13. The van der Waals surface area contributed by atoms with Gasteiger partial charge in [0, 0.05) is 11.3 Å². The maximum Gasteiger partial charge on any atom is 0.336 e. The van der Waals surface area contributed by atoms with Gasteiger partial charge in [-0.05, 0) is 47.5 Å². The molecule has 0 aliphatic rings. The first-order valence-electron chi connectivity index (χ1n) is 7.58. The normalized spacial score (nSPS) is 10.2. The van der Waals surface area contributed by atoms with Crippen LogP contribution in [0.3, 0.4) is 0 Å². The quantitative estimate of drug-likeness (QED) is 0.630. The van der Waals surface area contributed by atoms with E-state index < -0.39 is 5.97 Å². The van der Waals surface area contributed by atoms with Crippen LogP contribution in [0.4, 0.5) is 5.69 Å². The van der Waals surface area contributed by atoms with Crippen LogP contribution in [-0.2, 0) is 0 Å². The number of phenolic OH excluding ortho intramolecular Hbond substituents is 1. The van der Waals surface area contributed by atoms with Gasteiger partial charge in [-0.1, -0.05) is 36.4 Å². The van der Waals surface area contributed by atoms with Crippen molar-refractivity contribution in [3.63, 3.8) is 0 Å². The first-order chi connectivity index (χ1) is 12.1. The van der Waals surface area contributed by atoms with E-state index in [0.29, 0.717) is 22.4 Å². The molecule has 0 aromatic heterocycles. The molecule has 25 heavy (non-hydrogen) atoms.